The molecule has 1 amide bonds. The first-order chi connectivity index (χ1) is 11.6. The Balaban J connectivity index is 2.25. The third-order valence-corrected chi connectivity index (χ3v) is 5.30. The quantitative estimate of drug-likeness (QED) is 0.860. The van der Waals surface area contributed by atoms with Crippen molar-refractivity contribution in [2.45, 2.75) is 20.8 Å². The maximum absolute atomic E-state index is 12.4. The number of hydrogen-bond acceptors (Lipinski definition) is 3. The minimum absolute atomic E-state index is 0.302. The van der Waals surface area contributed by atoms with Gasteiger partial charge in [0.15, 0.2) is 0 Å². The van der Waals surface area contributed by atoms with E-state index >= 15 is 0 Å². The number of hydrogen-bond donors (Lipinski definition) is 1. The maximum Gasteiger partial charge on any atom is 0.245 e. The van der Waals surface area contributed by atoms with Gasteiger partial charge < -0.3 is 5.32 Å². The molecule has 0 aliphatic heterocycles. The highest BCUT2D eigenvalue weighted by Gasteiger charge is 2.21. The monoisotopic (exact) mass is 380 g/mol. The highest BCUT2D eigenvalue weighted by atomic mass is 35.5. The fourth-order valence-electron chi connectivity index (χ4n) is 2.37. The van der Waals surface area contributed by atoms with Crippen LogP contribution in [-0.4, -0.2) is 27.1 Å². The topological polar surface area (TPSA) is 66.5 Å². The van der Waals surface area contributed by atoms with E-state index in [9.17, 15) is 13.2 Å². The number of benzene rings is 2. The largest absolute Gasteiger partial charge is 0.324 e. The van der Waals surface area contributed by atoms with Gasteiger partial charge in [-0.25, -0.2) is 8.42 Å². The Morgan fingerprint density at radius 2 is 1.72 bits per heavy atom. The summed E-state index contributed by atoms with van der Waals surface area (Å²) in [6, 6.07) is 10.4. The number of carbonyl (C=O) groups excluding carboxylic acids is 1. The number of aryl methyl sites for hydroxylation is 3. The fourth-order valence-corrected chi connectivity index (χ4v) is 3.44. The molecule has 5 nitrogen and oxygen atoms in total. The predicted octanol–water partition coefficient (Wildman–Crippen LogP) is 3.67. The van der Waals surface area contributed by atoms with Crippen molar-refractivity contribution in [2.75, 3.05) is 22.4 Å². The third-order valence-electron chi connectivity index (χ3n) is 3.93. The lowest BCUT2D eigenvalue weighted by Gasteiger charge is -2.23. The zero-order valence-corrected chi connectivity index (χ0v) is 16.2. The summed E-state index contributed by atoms with van der Waals surface area (Å²) in [5.41, 5.74) is 3.88. The zero-order chi connectivity index (χ0) is 18.8. The summed E-state index contributed by atoms with van der Waals surface area (Å²) in [4.78, 5) is 12.4. The molecular formula is C18H21ClN2O3S. The second-order valence-corrected chi connectivity index (χ2v) is 8.39. The minimum Gasteiger partial charge on any atom is -0.324 e. The van der Waals surface area contributed by atoms with Crippen molar-refractivity contribution in [1.29, 1.82) is 0 Å². The normalized spacial score (nSPS) is 11.2. The highest BCUT2D eigenvalue weighted by Crippen LogP contribution is 2.22. The van der Waals surface area contributed by atoms with E-state index in [4.69, 9.17) is 11.6 Å². The van der Waals surface area contributed by atoms with Crippen LogP contribution in [0.15, 0.2) is 36.4 Å². The Bertz CT molecular complexity index is 911. The van der Waals surface area contributed by atoms with Crippen LogP contribution in [-0.2, 0) is 14.8 Å². The van der Waals surface area contributed by atoms with Crippen molar-refractivity contribution in [3.8, 4) is 0 Å². The van der Waals surface area contributed by atoms with Crippen LogP contribution in [0.25, 0.3) is 0 Å². The lowest BCUT2D eigenvalue weighted by atomic mass is 10.1. The van der Waals surface area contributed by atoms with Crippen LogP contribution in [0.4, 0.5) is 11.4 Å². The van der Waals surface area contributed by atoms with Crippen molar-refractivity contribution in [3.63, 3.8) is 0 Å². The van der Waals surface area contributed by atoms with E-state index in [1.165, 1.54) is 0 Å². The van der Waals surface area contributed by atoms with E-state index in [-0.39, 0.29) is 6.54 Å². The molecule has 0 radical (unpaired) electrons. The standard InChI is InChI=1S/C18H21ClN2O3S/c1-12-5-7-16(10-13(12)2)21(25(4,23)24)11-18(22)20-17-8-6-15(19)9-14(17)3/h5-10H,11H2,1-4H3,(H,20,22). The number of nitrogens with one attached hydrogen (secondary N) is 1. The average Bonchev–Trinajstić information content (AvgIpc) is 2.49. The molecule has 25 heavy (non-hydrogen) atoms. The number of sulfonamides is 1. The number of nitrogens with zero attached hydrogens (tertiary/aromatic N) is 1. The summed E-state index contributed by atoms with van der Waals surface area (Å²) >= 11 is 5.91. The van der Waals surface area contributed by atoms with Gasteiger partial charge in [-0.15, -0.1) is 0 Å². The van der Waals surface area contributed by atoms with Crippen molar-refractivity contribution in [2.24, 2.45) is 0 Å². The molecule has 0 saturated carbocycles. The summed E-state index contributed by atoms with van der Waals surface area (Å²) in [7, 11) is -3.60. The van der Waals surface area contributed by atoms with Crippen molar-refractivity contribution < 1.29 is 13.2 Å². The molecule has 2 aromatic carbocycles. The number of halogens is 1. The first-order valence-electron chi connectivity index (χ1n) is 7.69. The minimum atomic E-state index is -3.60. The molecular weight excluding hydrogens is 360 g/mol. The number of anilines is 2. The molecule has 1 N–H and O–H groups in total. The molecule has 0 aliphatic rings. The summed E-state index contributed by atoms with van der Waals surface area (Å²) < 4.78 is 25.4. The van der Waals surface area contributed by atoms with Gasteiger partial charge in [-0.3, -0.25) is 9.10 Å². The number of carbonyl (C=O) groups is 1. The molecule has 0 saturated heterocycles. The van der Waals surface area contributed by atoms with Gasteiger partial charge in [0.2, 0.25) is 15.9 Å². The molecule has 0 unspecified atom stereocenters. The molecule has 0 bridgehead atoms. The van der Waals surface area contributed by atoms with Gasteiger partial charge in [0, 0.05) is 10.7 Å². The van der Waals surface area contributed by atoms with E-state index in [1.54, 1.807) is 30.3 Å². The van der Waals surface area contributed by atoms with Crippen LogP contribution < -0.4 is 9.62 Å². The molecule has 2 rings (SSSR count). The van der Waals surface area contributed by atoms with E-state index in [0.29, 0.717) is 16.4 Å². The van der Waals surface area contributed by atoms with Gasteiger partial charge >= 0.3 is 0 Å². The summed E-state index contributed by atoms with van der Waals surface area (Å²) in [5.74, 6) is -0.422. The molecule has 0 fully saturated rings. The van der Waals surface area contributed by atoms with Gasteiger partial charge in [-0.05, 0) is 67.8 Å². The molecule has 7 heteroatoms. The maximum atomic E-state index is 12.4. The number of rotatable bonds is 5. The van der Waals surface area contributed by atoms with E-state index < -0.39 is 15.9 Å². The Morgan fingerprint density at radius 3 is 2.28 bits per heavy atom. The van der Waals surface area contributed by atoms with Crippen LogP contribution in [0, 0.1) is 20.8 Å². The zero-order valence-electron chi connectivity index (χ0n) is 14.6. The molecule has 2 aromatic rings. The Kier molecular flexibility index (Phi) is 5.75. The van der Waals surface area contributed by atoms with E-state index in [0.717, 1.165) is 27.3 Å². The molecule has 0 atom stereocenters. The van der Waals surface area contributed by atoms with Crippen molar-refractivity contribution in [3.05, 3.63) is 58.1 Å². The van der Waals surface area contributed by atoms with Crippen LogP contribution in [0.1, 0.15) is 16.7 Å². The van der Waals surface area contributed by atoms with Gasteiger partial charge in [0.25, 0.3) is 0 Å². The number of amides is 1. The Hall–Kier alpha value is -2.05. The predicted molar refractivity (Wildman–Crippen MR) is 103 cm³/mol. The second-order valence-electron chi connectivity index (χ2n) is 6.05. The van der Waals surface area contributed by atoms with Crippen LogP contribution in [0.2, 0.25) is 5.02 Å². The lowest BCUT2D eigenvalue weighted by Crippen LogP contribution is -2.37. The van der Waals surface area contributed by atoms with Gasteiger partial charge in [-0.1, -0.05) is 17.7 Å². The molecule has 134 valence electrons. The molecule has 0 heterocycles. The van der Waals surface area contributed by atoms with Crippen LogP contribution in [0.5, 0.6) is 0 Å². The van der Waals surface area contributed by atoms with Crippen molar-refractivity contribution in [1.82, 2.24) is 0 Å². The van der Waals surface area contributed by atoms with Gasteiger partial charge in [-0.2, -0.15) is 0 Å². The van der Waals surface area contributed by atoms with Crippen molar-refractivity contribution >= 4 is 38.9 Å². The smallest absolute Gasteiger partial charge is 0.245 e. The van der Waals surface area contributed by atoms with Crippen LogP contribution in [0.3, 0.4) is 0 Å². The molecule has 0 aliphatic carbocycles. The highest BCUT2D eigenvalue weighted by molar-refractivity contribution is 7.92. The molecule has 0 aromatic heterocycles. The second kappa shape index (κ2) is 7.45. The summed E-state index contributed by atoms with van der Waals surface area (Å²) in [6.45, 7) is 5.36. The van der Waals surface area contributed by atoms with Gasteiger partial charge in [0.05, 0.1) is 11.9 Å². The van der Waals surface area contributed by atoms with Gasteiger partial charge in [0.1, 0.15) is 6.54 Å². The molecule has 0 spiro atoms. The summed E-state index contributed by atoms with van der Waals surface area (Å²) in [6.07, 6.45) is 1.09. The lowest BCUT2D eigenvalue weighted by molar-refractivity contribution is -0.114. The van der Waals surface area contributed by atoms with E-state index in [2.05, 4.69) is 5.32 Å². The van der Waals surface area contributed by atoms with Crippen LogP contribution >= 0.6 is 11.6 Å². The Morgan fingerprint density at radius 1 is 1.04 bits per heavy atom. The first kappa shape index (κ1) is 19.3. The van der Waals surface area contributed by atoms with E-state index in [1.807, 2.05) is 26.8 Å². The third kappa shape index (κ3) is 4.96. The Labute approximate surface area is 153 Å². The first-order valence-corrected chi connectivity index (χ1v) is 9.91. The summed E-state index contributed by atoms with van der Waals surface area (Å²) in [5, 5.41) is 3.30. The average molecular weight is 381 g/mol. The fraction of sp³-hybridized carbons (Fsp3) is 0.278. The SMILES string of the molecule is Cc1ccc(N(CC(=O)Nc2ccc(Cl)cc2C)S(C)(=O)=O)cc1C.